The summed E-state index contributed by atoms with van der Waals surface area (Å²) >= 11 is 0. The zero-order valence-electron chi connectivity index (χ0n) is 19.3. The minimum Gasteiger partial charge on any atom is -0.317 e. The third kappa shape index (κ3) is 3.85. The van der Waals surface area contributed by atoms with Gasteiger partial charge in [-0.1, -0.05) is 12.1 Å². The van der Waals surface area contributed by atoms with Crippen molar-refractivity contribution in [2.75, 3.05) is 25.0 Å². The molecule has 5 rings (SSSR count). The van der Waals surface area contributed by atoms with Crippen LogP contribution in [-0.2, 0) is 18.8 Å². The largest absolute Gasteiger partial charge is 0.435 e. The molecule has 1 aromatic carbocycles. The molecule has 0 unspecified atom stereocenters. The van der Waals surface area contributed by atoms with E-state index in [1.165, 1.54) is 18.0 Å². The van der Waals surface area contributed by atoms with Gasteiger partial charge in [-0.2, -0.15) is 18.3 Å². The summed E-state index contributed by atoms with van der Waals surface area (Å²) in [6, 6.07) is 7.29. The lowest BCUT2D eigenvalue weighted by Crippen LogP contribution is -2.55. The highest BCUT2D eigenvalue weighted by atomic mass is 19.4. The van der Waals surface area contributed by atoms with Crippen LogP contribution in [-0.4, -0.2) is 46.4 Å². The molecule has 2 saturated carbocycles. The van der Waals surface area contributed by atoms with Gasteiger partial charge in [0, 0.05) is 25.2 Å². The van der Waals surface area contributed by atoms with Gasteiger partial charge in [0.15, 0.2) is 5.69 Å². The number of anilines is 1. The van der Waals surface area contributed by atoms with Crippen molar-refractivity contribution in [2.45, 2.75) is 55.8 Å². The molecule has 0 radical (unpaired) electrons. The molecule has 1 spiro atoms. The zero-order chi connectivity index (χ0) is 24.3. The molecule has 2 heterocycles. The van der Waals surface area contributed by atoms with Crippen molar-refractivity contribution >= 4 is 11.8 Å². The highest BCUT2D eigenvalue weighted by Crippen LogP contribution is 2.49. The SMILES string of the molecule is CN[C@]1(c2cccc(F)c2)CC[C@]2(CC1)CN(c1cc(C(F)(F)F)nn1C)C(=O)N2CC1CC1. The Morgan fingerprint density at radius 3 is 2.41 bits per heavy atom. The van der Waals surface area contributed by atoms with Crippen molar-refractivity contribution in [3.63, 3.8) is 0 Å². The summed E-state index contributed by atoms with van der Waals surface area (Å²) in [6.07, 6.45) is 0.267. The molecule has 0 bridgehead atoms. The van der Waals surface area contributed by atoms with Crippen LogP contribution in [0, 0.1) is 11.7 Å². The van der Waals surface area contributed by atoms with Gasteiger partial charge in [0.2, 0.25) is 0 Å². The predicted octanol–water partition coefficient (Wildman–Crippen LogP) is 4.66. The summed E-state index contributed by atoms with van der Waals surface area (Å²) in [7, 11) is 3.30. The van der Waals surface area contributed by atoms with Gasteiger partial charge in [0.25, 0.3) is 0 Å². The number of carbonyl (C=O) groups excluding carboxylic acids is 1. The molecule has 2 amide bonds. The van der Waals surface area contributed by atoms with Gasteiger partial charge in [-0.15, -0.1) is 0 Å². The van der Waals surface area contributed by atoms with Crippen molar-refractivity contribution in [2.24, 2.45) is 13.0 Å². The highest BCUT2D eigenvalue weighted by Gasteiger charge is 2.55. The topological polar surface area (TPSA) is 53.4 Å². The fourth-order valence-corrected chi connectivity index (χ4v) is 5.69. The Balaban J connectivity index is 1.45. The summed E-state index contributed by atoms with van der Waals surface area (Å²) in [5, 5.41) is 7.01. The molecule has 3 fully saturated rings. The van der Waals surface area contributed by atoms with E-state index in [2.05, 4.69) is 10.4 Å². The Kier molecular flexibility index (Phi) is 5.42. The highest BCUT2D eigenvalue weighted by molar-refractivity contribution is 5.94. The second kappa shape index (κ2) is 7.96. The number of halogens is 4. The lowest BCUT2D eigenvalue weighted by atomic mass is 9.69. The van der Waals surface area contributed by atoms with E-state index in [9.17, 15) is 22.4 Å². The number of aryl methyl sites for hydroxylation is 1. The first-order valence-electron chi connectivity index (χ1n) is 11.7. The summed E-state index contributed by atoms with van der Waals surface area (Å²) in [5.74, 6) is 0.310. The summed E-state index contributed by atoms with van der Waals surface area (Å²) in [4.78, 5) is 16.9. The summed E-state index contributed by atoms with van der Waals surface area (Å²) in [6.45, 7) is 0.935. The van der Waals surface area contributed by atoms with Crippen LogP contribution < -0.4 is 10.2 Å². The van der Waals surface area contributed by atoms with Crippen LogP contribution in [0.1, 0.15) is 49.8 Å². The fourth-order valence-electron chi connectivity index (χ4n) is 5.69. The molecular formula is C24H29F4N5O. The second-order valence-electron chi connectivity index (χ2n) is 10.00. The van der Waals surface area contributed by atoms with Crippen LogP contribution in [0.4, 0.5) is 28.2 Å². The number of rotatable bonds is 5. The van der Waals surface area contributed by atoms with E-state index < -0.39 is 22.9 Å². The Morgan fingerprint density at radius 2 is 1.85 bits per heavy atom. The smallest absolute Gasteiger partial charge is 0.317 e. The van der Waals surface area contributed by atoms with E-state index in [4.69, 9.17) is 0 Å². The second-order valence-corrected chi connectivity index (χ2v) is 10.00. The number of aromatic nitrogens is 2. The molecule has 1 saturated heterocycles. The van der Waals surface area contributed by atoms with E-state index >= 15 is 0 Å². The van der Waals surface area contributed by atoms with E-state index in [0.29, 0.717) is 44.7 Å². The van der Waals surface area contributed by atoms with Gasteiger partial charge in [-0.3, -0.25) is 9.58 Å². The lowest BCUT2D eigenvalue weighted by molar-refractivity contribution is -0.141. The maximum absolute atomic E-state index is 14.0. The number of hydrogen-bond donors (Lipinski definition) is 1. The Bertz CT molecular complexity index is 1090. The molecule has 0 atom stereocenters. The molecule has 2 aromatic rings. The van der Waals surface area contributed by atoms with E-state index in [1.807, 2.05) is 18.0 Å². The van der Waals surface area contributed by atoms with Gasteiger partial charge in [-0.05, 0) is 69.2 Å². The number of hydrogen-bond acceptors (Lipinski definition) is 3. The first-order chi connectivity index (χ1) is 16.1. The maximum Gasteiger partial charge on any atom is 0.435 e. The number of benzene rings is 1. The zero-order valence-corrected chi connectivity index (χ0v) is 19.3. The Labute approximate surface area is 195 Å². The molecule has 6 nitrogen and oxygen atoms in total. The number of carbonyl (C=O) groups is 1. The van der Waals surface area contributed by atoms with Crippen molar-refractivity contribution < 1.29 is 22.4 Å². The van der Waals surface area contributed by atoms with Gasteiger partial charge in [-0.25, -0.2) is 9.18 Å². The van der Waals surface area contributed by atoms with E-state index in [-0.39, 0.29) is 17.7 Å². The first kappa shape index (κ1) is 23.1. The van der Waals surface area contributed by atoms with Crippen LogP contribution >= 0.6 is 0 Å². The average Bonchev–Trinajstić information content (AvgIpc) is 3.48. The van der Waals surface area contributed by atoms with Crippen molar-refractivity contribution in [3.05, 3.63) is 47.4 Å². The van der Waals surface area contributed by atoms with E-state index in [0.717, 1.165) is 29.2 Å². The molecule has 184 valence electrons. The summed E-state index contributed by atoms with van der Waals surface area (Å²) in [5.41, 5.74) is -1.01. The molecule has 2 aliphatic carbocycles. The van der Waals surface area contributed by atoms with Crippen LogP contribution in [0.3, 0.4) is 0 Å². The first-order valence-corrected chi connectivity index (χ1v) is 11.7. The minimum absolute atomic E-state index is 0.158. The van der Waals surface area contributed by atoms with Crippen molar-refractivity contribution in [1.82, 2.24) is 20.0 Å². The number of nitrogens with one attached hydrogen (secondary N) is 1. The van der Waals surface area contributed by atoms with Gasteiger partial charge in [0.1, 0.15) is 11.6 Å². The lowest BCUT2D eigenvalue weighted by Gasteiger charge is -2.48. The summed E-state index contributed by atoms with van der Waals surface area (Å²) < 4.78 is 54.9. The minimum atomic E-state index is -4.58. The number of alkyl halides is 3. The number of urea groups is 1. The normalized spacial score (nSPS) is 27.8. The Morgan fingerprint density at radius 1 is 1.15 bits per heavy atom. The van der Waals surface area contributed by atoms with Crippen LogP contribution in [0.5, 0.6) is 0 Å². The van der Waals surface area contributed by atoms with Crippen LogP contribution in [0.25, 0.3) is 0 Å². The molecule has 10 heteroatoms. The number of amides is 2. The molecule has 1 aromatic heterocycles. The Hall–Kier alpha value is -2.62. The van der Waals surface area contributed by atoms with Gasteiger partial charge >= 0.3 is 12.2 Å². The van der Waals surface area contributed by atoms with Crippen molar-refractivity contribution in [3.8, 4) is 0 Å². The quantitative estimate of drug-likeness (QED) is 0.635. The average molecular weight is 480 g/mol. The van der Waals surface area contributed by atoms with Crippen molar-refractivity contribution in [1.29, 1.82) is 0 Å². The third-order valence-corrected chi connectivity index (χ3v) is 7.94. The van der Waals surface area contributed by atoms with Crippen LogP contribution in [0.2, 0.25) is 0 Å². The fraction of sp³-hybridized carbons (Fsp3) is 0.583. The van der Waals surface area contributed by atoms with E-state index in [1.54, 1.807) is 12.1 Å². The predicted molar refractivity (Wildman–Crippen MR) is 119 cm³/mol. The molecule has 1 N–H and O–H groups in total. The maximum atomic E-state index is 14.0. The van der Waals surface area contributed by atoms with Gasteiger partial charge < -0.3 is 10.2 Å². The number of nitrogens with zero attached hydrogens (tertiary/aromatic N) is 4. The van der Waals surface area contributed by atoms with Crippen LogP contribution in [0.15, 0.2) is 30.3 Å². The molecular weight excluding hydrogens is 450 g/mol. The molecule has 1 aliphatic heterocycles. The van der Waals surface area contributed by atoms with Gasteiger partial charge in [0.05, 0.1) is 12.1 Å². The molecule has 34 heavy (non-hydrogen) atoms. The molecule has 3 aliphatic rings. The standard InChI is InChI=1S/C24H29F4N5O/c1-29-23(17-4-3-5-18(25)12-17)10-8-22(9-11-23)15-32(21(34)33(22)14-16-6-7-16)20-13-19(24(26,27)28)30-31(20)2/h3-5,12-13,16,29H,6-11,14-15H2,1-2H3/t22-,23+. The third-order valence-electron chi connectivity index (χ3n) is 7.94. The monoisotopic (exact) mass is 479 g/mol.